The topological polar surface area (TPSA) is 103 Å². The zero-order valence-electron chi connectivity index (χ0n) is 13.8. The second-order valence-electron chi connectivity index (χ2n) is 5.30. The van der Waals surface area contributed by atoms with Crippen LogP contribution in [0, 0.1) is 0 Å². The first kappa shape index (κ1) is 17.6. The molecule has 0 radical (unpaired) electrons. The molecule has 0 aliphatic carbocycles. The Bertz CT molecular complexity index is 645. The summed E-state index contributed by atoms with van der Waals surface area (Å²) in [4.78, 5) is 35.1. The molecule has 2 amide bonds. The van der Waals surface area contributed by atoms with Gasteiger partial charge in [-0.05, 0) is 25.5 Å². The lowest BCUT2D eigenvalue weighted by atomic mass is 10.2. The molecule has 1 aliphatic rings. The summed E-state index contributed by atoms with van der Waals surface area (Å²) in [5.74, 6) is -0.296. The largest absolute Gasteiger partial charge is 0.493 e. The predicted octanol–water partition coefficient (Wildman–Crippen LogP) is 0.853. The number of anilines is 1. The molecule has 2 atom stereocenters. The minimum absolute atomic E-state index is 0.195. The average molecular weight is 336 g/mol. The van der Waals surface area contributed by atoms with E-state index in [1.807, 2.05) is 0 Å². The molecule has 24 heavy (non-hydrogen) atoms. The summed E-state index contributed by atoms with van der Waals surface area (Å²) in [5.41, 5.74) is 0.481. The molecular formula is C16H20N2O6. The molecule has 0 aromatic heterocycles. The third-order valence-corrected chi connectivity index (χ3v) is 3.59. The van der Waals surface area contributed by atoms with Gasteiger partial charge >= 0.3 is 5.97 Å². The fourth-order valence-corrected chi connectivity index (χ4v) is 2.26. The van der Waals surface area contributed by atoms with Gasteiger partial charge in [-0.15, -0.1) is 0 Å². The Labute approximate surface area is 139 Å². The third-order valence-electron chi connectivity index (χ3n) is 3.59. The van der Waals surface area contributed by atoms with Crippen molar-refractivity contribution < 1.29 is 28.6 Å². The number of rotatable bonds is 6. The molecule has 0 bridgehead atoms. The van der Waals surface area contributed by atoms with Crippen LogP contribution in [0.4, 0.5) is 5.69 Å². The highest BCUT2D eigenvalue weighted by atomic mass is 16.5. The molecule has 1 aliphatic heterocycles. The van der Waals surface area contributed by atoms with E-state index in [1.165, 1.54) is 21.1 Å². The number of methoxy groups -OCH3 is 2. The third kappa shape index (κ3) is 4.15. The van der Waals surface area contributed by atoms with Crippen LogP contribution in [0.3, 0.4) is 0 Å². The average Bonchev–Trinajstić information content (AvgIpc) is 3.01. The van der Waals surface area contributed by atoms with Crippen LogP contribution in [0.1, 0.15) is 19.8 Å². The van der Waals surface area contributed by atoms with Gasteiger partial charge in [-0.3, -0.25) is 9.59 Å². The Morgan fingerprint density at radius 3 is 2.54 bits per heavy atom. The maximum absolute atomic E-state index is 12.1. The Kier molecular flexibility index (Phi) is 5.62. The van der Waals surface area contributed by atoms with Crippen LogP contribution < -0.4 is 20.1 Å². The van der Waals surface area contributed by atoms with E-state index >= 15 is 0 Å². The van der Waals surface area contributed by atoms with E-state index in [1.54, 1.807) is 18.2 Å². The molecule has 0 saturated carbocycles. The molecule has 2 rings (SSSR count). The van der Waals surface area contributed by atoms with E-state index in [4.69, 9.17) is 14.2 Å². The highest BCUT2D eigenvalue weighted by molar-refractivity contribution is 5.96. The van der Waals surface area contributed by atoms with Gasteiger partial charge in [0.15, 0.2) is 17.6 Å². The number of carbonyl (C=O) groups is 3. The number of nitrogens with one attached hydrogen (secondary N) is 2. The summed E-state index contributed by atoms with van der Waals surface area (Å²) in [6.07, 6.45) is -0.337. The van der Waals surface area contributed by atoms with Crippen LogP contribution in [0.25, 0.3) is 0 Å². The minimum Gasteiger partial charge on any atom is -0.493 e. The van der Waals surface area contributed by atoms with Gasteiger partial charge in [0, 0.05) is 18.2 Å². The monoisotopic (exact) mass is 336 g/mol. The highest BCUT2D eigenvalue weighted by Crippen LogP contribution is 2.29. The second-order valence-corrected chi connectivity index (χ2v) is 5.30. The number of carbonyl (C=O) groups excluding carboxylic acids is 3. The molecule has 0 unspecified atom stereocenters. The number of esters is 1. The van der Waals surface area contributed by atoms with E-state index in [0.717, 1.165) is 0 Å². The van der Waals surface area contributed by atoms with Crippen molar-refractivity contribution in [3.05, 3.63) is 18.2 Å². The van der Waals surface area contributed by atoms with Gasteiger partial charge in [0.1, 0.15) is 6.04 Å². The fraction of sp³-hybridized carbons (Fsp3) is 0.438. The summed E-state index contributed by atoms with van der Waals surface area (Å²) < 4.78 is 15.4. The Morgan fingerprint density at radius 1 is 1.25 bits per heavy atom. The first-order chi connectivity index (χ1) is 11.4. The zero-order chi connectivity index (χ0) is 17.7. The number of amides is 2. The van der Waals surface area contributed by atoms with Crippen molar-refractivity contribution >= 4 is 23.5 Å². The van der Waals surface area contributed by atoms with Crippen molar-refractivity contribution in [1.29, 1.82) is 0 Å². The van der Waals surface area contributed by atoms with Gasteiger partial charge < -0.3 is 24.8 Å². The van der Waals surface area contributed by atoms with Crippen molar-refractivity contribution in [3.63, 3.8) is 0 Å². The van der Waals surface area contributed by atoms with Crippen LogP contribution in [0.15, 0.2) is 18.2 Å². The van der Waals surface area contributed by atoms with Crippen molar-refractivity contribution in [2.75, 3.05) is 19.5 Å². The molecule has 2 N–H and O–H groups in total. The first-order valence-corrected chi connectivity index (χ1v) is 7.47. The molecule has 130 valence electrons. The summed E-state index contributed by atoms with van der Waals surface area (Å²) in [6, 6.07) is 4.21. The van der Waals surface area contributed by atoms with Crippen molar-refractivity contribution in [2.45, 2.75) is 31.9 Å². The summed E-state index contributed by atoms with van der Waals surface area (Å²) in [6.45, 7) is 1.46. The molecule has 1 aromatic rings. The second kappa shape index (κ2) is 7.67. The van der Waals surface area contributed by atoms with Gasteiger partial charge in [-0.2, -0.15) is 0 Å². The number of hydrogen-bond acceptors (Lipinski definition) is 6. The van der Waals surface area contributed by atoms with E-state index in [-0.39, 0.29) is 12.3 Å². The molecular weight excluding hydrogens is 316 g/mol. The number of ether oxygens (including phenoxy) is 3. The van der Waals surface area contributed by atoms with Crippen molar-refractivity contribution in [3.8, 4) is 11.5 Å². The summed E-state index contributed by atoms with van der Waals surface area (Å²) in [5, 5.41) is 5.13. The van der Waals surface area contributed by atoms with Gasteiger partial charge in [0.05, 0.1) is 14.2 Å². The molecule has 1 aromatic carbocycles. The van der Waals surface area contributed by atoms with E-state index in [9.17, 15) is 14.4 Å². The predicted molar refractivity (Wildman–Crippen MR) is 84.9 cm³/mol. The Balaban J connectivity index is 1.94. The van der Waals surface area contributed by atoms with Crippen molar-refractivity contribution in [1.82, 2.24) is 5.32 Å². The summed E-state index contributed by atoms with van der Waals surface area (Å²) in [7, 11) is 3.00. The van der Waals surface area contributed by atoms with Crippen LogP contribution in [0.2, 0.25) is 0 Å². The first-order valence-electron chi connectivity index (χ1n) is 7.47. The van der Waals surface area contributed by atoms with E-state index in [0.29, 0.717) is 23.6 Å². The molecule has 0 spiro atoms. The lowest BCUT2D eigenvalue weighted by molar-refractivity contribution is -0.155. The normalized spacial score (nSPS) is 17.6. The Morgan fingerprint density at radius 2 is 1.96 bits per heavy atom. The maximum atomic E-state index is 12.1. The molecule has 1 heterocycles. The molecule has 1 saturated heterocycles. The van der Waals surface area contributed by atoms with E-state index in [2.05, 4.69) is 10.6 Å². The van der Waals surface area contributed by atoms with Crippen LogP contribution in [-0.2, 0) is 19.1 Å². The van der Waals surface area contributed by atoms with Crippen LogP contribution in [-0.4, -0.2) is 44.1 Å². The Hall–Kier alpha value is -2.77. The van der Waals surface area contributed by atoms with Gasteiger partial charge in [0.2, 0.25) is 5.91 Å². The maximum Gasteiger partial charge on any atom is 0.329 e. The smallest absolute Gasteiger partial charge is 0.329 e. The van der Waals surface area contributed by atoms with Crippen LogP contribution in [0.5, 0.6) is 11.5 Å². The quantitative estimate of drug-likeness (QED) is 0.747. The number of benzene rings is 1. The van der Waals surface area contributed by atoms with Gasteiger partial charge in [-0.1, -0.05) is 0 Å². The lowest BCUT2D eigenvalue weighted by Gasteiger charge is -2.16. The number of hydrogen-bond donors (Lipinski definition) is 2. The van der Waals surface area contributed by atoms with Gasteiger partial charge in [0.25, 0.3) is 5.91 Å². The molecule has 1 fully saturated rings. The molecule has 8 nitrogen and oxygen atoms in total. The highest BCUT2D eigenvalue weighted by Gasteiger charge is 2.30. The summed E-state index contributed by atoms with van der Waals surface area (Å²) >= 11 is 0. The standard InChI is InChI=1S/C16H20N2O6/c1-9(24-16(21)11-5-7-14(19)18-11)15(20)17-10-4-6-12(22-2)13(8-10)23-3/h4,6,8-9,11H,5,7H2,1-3H3,(H,17,20)(H,18,19)/t9-,11+/m1/s1. The van der Waals surface area contributed by atoms with Gasteiger partial charge in [-0.25, -0.2) is 4.79 Å². The zero-order valence-corrected chi connectivity index (χ0v) is 13.8. The van der Waals surface area contributed by atoms with E-state index < -0.39 is 24.0 Å². The fourth-order valence-electron chi connectivity index (χ4n) is 2.26. The van der Waals surface area contributed by atoms with Crippen molar-refractivity contribution in [2.24, 2.45) is 0 Å². The lowest BCUT2D eigenvalue weighted by Crippen LogP contribution is -2.39. The van der Waals surface area contributed by atoms with Crippen LogP contribution >= 0.6 is 0 Å². The SMILES string of the molecule is COc1ccc(NC(=O)[C@@H](C)OC(=O)[C@@H]2CCC(=O)N2)cc1OC. The molecule has 8 heteroatoms. The minimum atomic E-state index is -0.997.